The van der Waals surface area contributed by atoms with Crippen LogP contribution in [-0.4, -0.2) is 18.9 Å². The van der Waals surface area contributed by atoms with Crippen LogP contribution < -0.4 is 5.32 Å². The summed E-state index contributed by atoms with van der Waals surface area (Å²) in [6, 6.07) is 3.69. The lowest BCUT2D eigenvalue weighted by molar-refractivity contribution is -0.126. The maximum atomic E-state index is 12.9. The van der Waals surface area contributed by atoms with Gasteiger partial charge in [0.25, 0.3) is 0 Å². The summed E-state index contributed by atoms with van der Waals surface area (Å²) in [5, 5.41) is 2.43. The third-order valence-corrected chi connectivity index (χ3v) is 3.09. The summed E-state index contributed by atoms with van der Waals surface area (Å²) in [5.74, 6) is -4.42. The Kier molecular flexibility index (Phi) is 3.56. The number of fused-ring (bicyclic) bond motifs is 1. The Morgan fingerprint density at radius 1 is 1.33 bits per heavy atom. The summed E-state index contributed by atoms with van der Waals surface area (Å²) >= 11 is 0. The second kappa shape index (κ2) is 4.84. The van der Waals surface area contributed by atoms with Crippen LogP contribution in [0.1, 0.15) is 23.6 Å². The fourth-order valence-corrected chi connectivity index (χ4v) is 2.13. The Bertz CT molecular complexity index is 432. The van der Waals surface area contributed by atoms with Gasteiger partial charge in [0.2, 0.25) is 0 Å². The number of halogens is 5. The lowest BCUT2D eigenvalue weighted by atomic mass is 10.1. The van der Waals surface area contributed by atoms with E-state index in [1.165, 1.54) is 18.2 Å². The minimum atomic E-state index is -4.04. The van der Waals surface area contributed by atoms with Gasteiger partial charge in [-0.15, -0.1) is 0 Å². The average Bonchev–Trinajstić information content (AvgIpc) is 2.68. The van der Waals surface area contributed by atoms with E-state index in [1.54, 1.807) is 0 Å². The van der Waals surface area contributed by atoms with Crippen molar-refractivity contribution in [2.75, 3.05) is 6.54 Å². The van der Waals surface area contributed by atoms with Crippen molar-refractivity contribution < 1.29 is 22.0 Å². The van der Waals surface area contributed by atoms with Crippen molar-refractivity contribution >= 4 is 0 Å². The van der Waals surface area contributed by atoms with Crippen molar-refractivity contribution in [2.45, 2.75) is 31.2 Å². The zero-order chi connectivity index (χ0) is 13.3. The molecule has 0 bridgehead atoms. The van der Waals surface area contributed by atoms with E-state index < -0.39 is 24.9 Å². The van der Waals surface area contributed by atoms with Crippen LogP contribution in [0.5, 0.6) is 0 Å². The maximum absolute atomic E-state index is 12.9. The third-order valence-electron chi connectivity index (χ3n) is 3.09. The van der Waals surface area contributed by atoms with Gasteiger partial charge in [-0.25, -0.2) is 13.2 Å². The zero-order valence-corrected chi connectivity index (χ0v) is 9.40. The standard InChI is InChI=1S/C12H12F5N/c13-8-2-3-9-7(5-8)1-4-10(9)18-6-12(16,17)11(14)15/h2-3,5,10-11,18H,1,4,6H2. The first kappa shape index (κ1) is 13.3. The smallest absolute Gasteiger partial charge is 0.304 e. The van der Waals surface area contributed by atoms with Gasteiger partial charge >= 0.3 is 12.3 Å². The van der Waals surface area contributed by atoms with E-state index in [9.17, 15) is 22.0 Å². The summed E-state index contributed by atoms with van der Waals surface area (Å²) in [6.07, 6.45) is -2.61. The number of hydrogen-bond acceptors (Lipinski definition) is 1. The van der Waals surface area contributed by atoms with Crippen LogP contribution in [0.4, 0.5) is 22.0 Å². The summed E-state index contributed by atoms with van der Waals surface area (Å²) in [6.45, 7) is -1.08. The van der Waals surface area contributed by atoms with Gasteiger partial charge in [-0.05, 0) is 36.1 Å². The molecule has 1 nitrogen and oxygen atoms in total. The number of alkyl halides is 4. The molecule has 0 aliphatic heterocycles. The van der Waals surface area contributed by atoms with Gasteiger partial charge < -0.3 is 5.32 Å². The topological polar surface area (TPSA) is 12.0 Å². The Morgan fingerprint density at radius 2 is 2.06 bits per heavy atom. The molecule has 0 radical (unpaired) electrons. The molecule has 0 fully saturated rings. The predicted octanol–water partition coefficient (Wildman–Crippen LogP) is 3.30. The number of nitrogens with one attached hydrogen (secondary N) is 1. The van der Waals surface area contributed by atoms with Crippen molar-refractivity contribution in [1.82, 2.24) is 5.32 Å². The van der Waals surface area contributed by atoms with E-state index in [2.05, 4.69) is 5.32 Å². The highest BCUT2D eigenvalue weighted by molar-refractivity contribution is 5.34. The van der Waals surface area contributed by atoms with Crippen LogP contribution in [-0.2, 0) is 6.42 Å². The van der Waals surface area contributed by atoms with Gasteiger partial charge in [-0.3, -0.25) is 0 Å². The Balaban J connectivity index is 2.02. The molecule has 18 heavy (non-hydrogen) atoms. The highest BCUT2D eigenvalue weighted by Gasteiger charge is 2.41. The minimum absolute atomic E-state index is 0.382. The van der Waals surface area contributed by atoms with Gasteiger partial charge in [-0.1, -0.05) is 6.07 Å². The SMILES string of the molecule is Fc1ccc2c(c1)CCC2NCC(F)(F)C(F)F. The van der Waals surface area contributed by atoms with Crippen LogP contribution in [0.2, 0.25) is 0 Å². The second-order valence-corrected chi connectivity index (χ2v) is 4.38. The number of hydrogen-bond donors (Lipinski definition) is 1. The van der Waals surface area contributed by atoms with E-state index in [0.717, 1.165) is 5.56 Å². The monoisotopic (exact) mass is 265 g/mol. The van der Waals surface area contributed by atoms with Gasteiger partial charge in [0.15, 0.2) is 0 Å². The molecule has 0 heterocycles. The second-order valence-electron chi connectivity index (χ2n) is 4.38. The van der Waals surface area contributed by atoms with Crippen molar-refractivity contribution in [3.05, 3.63) is 35.1 Å². The molecule has 0 saturated carbocycles. The molecule has 1 unspecified atom stereocenters. The molecule has 0 spiro atoms. The first-order valence-corrected chi connectivity index (χ1v) is 5.58. The molecule has 1 aromatic carbocycles. The fraction of sp³-hybridized carbons (Fsp3) is 0.500. The Labute approximate surface area is 101 Å². The third kappa shape index (κ3) is 2.63. The first-order valence-electron chi connectivity index (χ1n) is 5.58. The lowest BCUT2D eigenvalue weighted by Gasteiger charge is -2.20. The van der Waals surface area contributed by atoms with Crippen molar-refractivity contribution in [3.8, 4) is 0 Å². The molecular formula is C12H12F5N. The Hall–Kier alpha value is -1.17. The van der Waals surface area contributed by atoms with E-state index in [-0.39, 0.29) is 5.82 Å². The van der Waals surface area contributed by atoms with Crippen LogP contribution in [0.15, 0.2) is 18.2 Å². The van der Waals surface area contributed by atoms with Gasteiger partial charge in [0, 0.05) is 6.04 Å². The average molecular weight is 265 g/mol. The lowest BCUT2D eigenvalue weighted by Crippen LogP contribution is -2.39. The summed E-state index contributed by atoms with van der Waals surface area (Å²) in [7, 11) is 0. The molecule has 0 saturated heterocycles. The van der Waals surface area contributed by atoms with E-state index in [0.29, 0.717) is 18.4 Å². The molecular weight excluding hydrogens is 253 g/mol. The van der Waals surface area contributed by atoms with Crippen LogP contribution in [0.25, 0.3) is 0 Å². The summed E-state index contributed by atoms with van der Waals surface area (Å²) < 4.78 is 62.5. The van der Waals surface area contributed by atoms with Crippen molar-refractivity contribution in [2.24, 2.45) is 0 Å². The van der Waals surface area contributed by atoms with E-state index in [4.69, 9.17) is 0 Å². The minimum Gasteiger partial charge on any atom is -0.304 e. The molecule has 6 heteroatoms. The molecule has 1 aliphatic rings. The van der Waals surface area contributed by atoms with Crippen LogP contribution >= 0.6 is 0 Å². The molecule has 0 amide bonds. The molecule has 2 rings (SSSR count). The first-order chi connectivity index (χ1) is 8.40. The molecule has 1 aliphatic carbocycles. The van der Waals surface area contributed by atoms with E-state index >= 15 is 0 Å². The molecule has 1 aromatic rings. The molecule has 1 N–H and O–H groups in total. The van der Waals surface area contributed by atoms with Crippen LogP contribution in [0, 0.1) is 5.82 Å². The normalized spacial score (nSPS) is 19.3. The molecule has 0 aromatic heterocycles. The molecule has 1 atom stereocenters. The van der Waals surface area contributed by atoms with Gasteiger partial charge in [0.05, 0.1) is 6.54 Å². The number of aryl methyl sites for hydroxylation is 1. The predicted molar refractivity (Wildman–Crippen MR) is 56.4 cm³/mol. The number of rotatable bonds is 4. The summed E-state index contributed by atoms with van der Waals surface area (Å²) in [5.41, 5.74) is 1.45. The quantitative estimate of drug-likeness (QED) is 0.824. The van der Waals surface area contributed by atoms with Crippen molar-refractivity contribution in [3.63, 3.8) is 0 Å². The largest absolute Gasteiger partial charge is 0.319 e. The van der Waals surface area contributed by atoms with E-state index in [1.807, 2.05) is 0 Å². The highest BCUT2D eigenvalue weighted by Crippen LogP contribution is 2.32. The van der Waals surface area contributed by atoms with Gasteiger partial charge in [-0.2, -0.15) is 8.78 Å². The zero-order valence-electron chi connectivity index (χ0n) is 9.40. The van der Waals surface area contributed by atoms with Crippen molar-refractivity contribution in [1.29, 1.82) is 0 Å². The van der Waals surface area contributed by atoms with Crippen LogP contribution in [0.3, 0.4) is 0 Å². The maximum Gasteiger partial charge on any atom is 0.319 e. The van der Waals surface area contributed by atoms with Gasteiger partial charge in [0.1, 0.15) is 5.82 Å². The Morgan fingerprint density at radius 3 is 2.72 bits per heavy atom. The number of benzene rings is 1. The fourth-order valence-electron chi connectivity index (χ4n) is 2.13. The molecule has 100 valence electrons. The highest BCUT2D eigenvalue weighted by atomic mass is 19.3. The summed E-state index contributed by atoms with van der Waals surface area (Å²) in [4.78, 5) is 0.